The van der Waals surface area contributed by atoms with Crippen LogP contribution in [0.15, 0.2) is 60.8 Å². The summed E-state index contributed by atoms with van der Waals surface area (Å²) in [4.78, 5) is 12.0. The molecule has 1 N–H and O–H groups in total. The van der Waals surface area contributed by atoms with Gasteiger partial charge in [-0.2, -0.15) is 0 Å². The van der Waals surface area contributed by atoms with Crippen LogP contribution in [0, 0.1) is 0 Å². The maximum absolute atomic E-state index is 12.0. The fourth-order valence-corrected chi connectivity index (χ4v) is 2.20. The minimum Gasteiger partial charge on any atom is -0.358 e. The number of rotatable bonds is 5. The molecule has 0 unspecified atom stereocenters. The molecule has 2 rings (SSSR count). The molecule has 0 aliphatic heterocycles. The van der Waals surface area contributed by atoms with E-state index >= 15 is 0 Å². The number of halogens is 2. The molecule has 4 heteroatoms. The molecule has 0 radical (unpaired) electrons. The topological polar surface area (TPSA) is 29.1 Å². The minimum absolute atomic E-state index is 0.00758. The zero-order valence-corrected chi connectivity index (χ0v) is 12.2. The molecular weight excluding hydrogens is 293 g/mol. The average molecular weight is 306 g/mol. The van der Waals surface area contributed by atoms with Crippen molar-refractivity contribution in [1.29, 1.82) is 0 Å². The Morgan fingerprint density at radius 2 is 1.80 bits per heavy atom. The average Bonchev–Trinajstić information content (AvgIpc) is 2.43. The van der Waals surface area contributed by atoms with Crippen LogP contribution in [-0.4, -0.2) is 5.78 Å². The summed E-state index contributed by atoms with van der Waals surface area (Å²) in [5.74, 6) is 0.00758. The van der Waals surface area contributed by atoms with E-state index in [4.69, 9.17) is 23.2 Å². The monoisotopic (exact) mass is 305 g/mol. The number of Topliss-reactive ketones (excluding diaryl/α,β-unsaturated/α-hetero) is 1. The van der Waals surface area contributed by atoms with Gasteiger partial charge in [-0.3, -0.25) is 4.79 Å². The zero-order valence-electron chi connectivity index (χ0n) is 10.7. The standard InChI is InChI=1S/C16H13Cl2NO/c1-11(9-16(20)12-5-3-2-4-6-12)19-15-8-7-13(17)10-14(15)18/h2-8,10,19H,1,9H2. The number of allylic oxidation sites excluding steroid dienone is 1. The quantitative estimate of drug-likeness (QED) is 0.770. The van der Waals surface area contributed by atoms with Gasteiger partial charge in [0, 0.05) is 16.3 Å². The lowest BCUT2D eigenvalue weighted by atomic mass is 10.1. The molecule has 0 saturated carbocycles. The van der Waals surface area contributed by atoms with Gasteiger partial charge in [-0.05, 0) is 18.2 Å². The number of nitrogens with one attached hydrogen (secondary N) is 1. The van der Waals surface area contributed by atoms with Crippen LogP contribution in [0.1, 0.15) is 16.8 Å². The Kier molecular flexibility index (Phi) is 4.83. The third-order valence-corrected chi connectivity index (χ3v) is 3.26. The summed E-state index contributed by atoms with van der Waals surface area (Å²) in [5, 5.41) is 4.09. The summed E-state index contributed by atoms with van der Waals surface area (Å²) in [6.07, 6.45) is 0.211. The molecule has 0 heterocycles. The fraction of sp³-hybridized carbons (Fsp3) is 0.0625. The summed E-state index contributed by atoms with van der Waals surface area (Å²) in [6, 6.07) is 14.2. The molecule has 0 aliphatic carbocycles. The summed E-state index contributed by atoms with van der Waals surface area (Å²) in [7, 11) is 0. The summed E-state index contributed by atoms with van der Waals surface area (Å²) in [5.41, 5.74) is 1.93. The molecule has 0 atom stereocenters. The molecule has 2 aromatic carbocycles. The van der Waals surface area contributed by atoms with E-state index in [0.29, 0.717) is 27.0 Å². The van der Waals surface area contributed by atoms with Gasteiger partial charge in [-0.15, -0.1) is 0 Å². The highest BCUT2D eigenvalue weighted by Crippen LogP contribution is 2.26. The fourth-order valence-electron chi connectivity index (χ4n) is 1.75. The van der Waals surface area contributed by atoms with Gasteiger partial charge in [0.2, 0.25) is 0 Å². The number of ketones is 1. The molecule has 102 valence electrons. The summed E-state index contributed by atoms with van der Waals surface area (Å²) >= 11 is 11.9. The second-order valence-electron chi connectivity index (χ2n) is 4.32. The zero-order chi connectivity index (χ0) is 14.5. The first-order valence-electron chi connectivity index (χ1n) is 6.04. The van der Waals surface area contributed by atoms with Crippen molar-refractivity contribution in [2.45, 2.75) is 6.42 Å². The highest BCUT2D eigenvalue weighted by molar-refractivity contribution is 6.36. The molecule has 0 aromatic heterocycles. The van der Waals surface area contributed by atoms with Crippen molar-refractivity contribution in [2.24, 2.45) is 0 Å². The van der Waals surface area contributed by atoms with Crippen molar-refractivity contribution < 1.29 is 4.79 Å². The third kappa shape index (κ3) is 3.86. The highest BCUT2D eigenvalue weighted by atomic mass is 35.5. The molecule has 2 aromatic rings. The molecule has 0 bridgehead atoms. The van der Waals surface area contributed by atoms with Crippen LogP contribution in [0.4, 0.5) is 5.69 Å². The maximum atomic E-state index is 12.0. The number of carbonyl (C=O) groups is 1. The van der Waals surface area contributed by atoms with Crippen molar-refractivity contribution in [3.63, 3.8) is 0 Å². The number of hydrogen-bond donors (Lipinski definition) is 1. The highest BCUT2D eigenvalue weighted by Gasteiger charge is 2.08. The first-order chi connectivity index (χ1) is 9.56. The smallest absolute Gasteiger partial charge is 0.168 e. The second kappa shape index (κ2) is 6.60. The van der Waals surface area contributed by atoms with Crippen LogP contribution in [0.5, 0.6) is 0 Å². The molecule has 2 nitrogen and oxygen atoms in total. The molecule has 0 spiro atoms. The van der Waals surface area contributed by atoms with Gasteiger partial charge < -0.3 is 5.32 Å². The SMILES string of the molecule is C=C(CC(=O)c1ccccc1)Nc1ccc(Cl)cc1Cl. The van der Waals surface area contributed by atoms with Gasteiger partial charge in [0.25, 0.3) is 0 Å². The van der Waals surface area contributed by atoms with E-state index in [-0.39, 0.29) is 12.2 Å². The van der Waals surface area contributed by atoms with Gasteiger partial charge in [0.1, 0.15) is 0 Å². The predicted octanol–water partition coefficient (Wildman–Crippen LogP) is 5.19. The van der Waals surface area contributed by atoms with E-state index < -0.39 is 0 Å². The molecular formula is C16H13Cl2NO. The second-order valence-corrected chi connectivity index (χ2v) is 5.16. The lowest BCUT2D eigenvalue weighted by Crippen LogP contribution is -2.06. The Hall–Kier alpha value is -1.77. The van der Waals surface area contributed by atoms with Crippen LogP contribution in [0.3, 0.4) is 0 Å². The van der Waals surface area contributed by atoms with E-state index in [9.17, 15) is 4.79 Å². The molecule has 0 fully saturated rings. The van der Waals surface area contributed by atoms with Crippen molar-refractivity contribution in [3.05, 3.63) is 76.4 Å². The van der Waals surface area contributed by atoms with E-state index in [1.807, 2.05) is 18.2 Å². The Bertz CT molecular complexity index is 638. The largest absolute Gasteiger partial charge is 0.358 e. The molecule has 0 aliphatic rings. The third-order valence-electron chi connectivity index (χ3n) is 2.71. The number of benzene rings is 2. The van der Waals surface area contributed by atoms with E-state index in [1.54, 1.807) is 30.3 Å². The normalized spacial score (nSPS) is 10.1. The van der Waals surface area contributed by atoms with Crippen LogP contribution >= 0.6 is 23.2 Å². The Labute approximate surface area is 128 Å². The van der Waals surface area contributed by atoms with Crippen LogP contribution in [0.25, 0.3) is 0 Å². The lowest BCUT2D eigenvalue weighted by molar-refractivity contribution is 0.0993. The molecule has 0 saturated heterocycles. The van der Waals surface area contributed by atoms with Gasteiger partial charge in [0.15, 0.2) is 5.78 Å². The summed E-state index contributed by atoms with van der Waals surface area (Å²) < 4.78 is 0. The van der Waals surface area contributed by atoms with Crippen molar-refractivity contribution >= 4 is 34.7 Å². The summed E-state index contributed by atoms with van der Waals surface area (Å²) in [6.45, 7) is 3.86. The van der Waals surface area contributed by atoms with Gasteiger partial charge >= 0.3 is 0 Å². The van der Waals surface area contributed by atoms with Crippen molar-refractivity contribution in [2.75, 3.05) is 5.32 Å². The van der Waals surface area contributed by atoms with Crippen LogP contribution < -0.4 is 5.32 Å². The Morgan fingerprint density at radius 1 is 1.10 bits per heavy atom. The molecule has 20 heavy (non-hydrogen) atoms. The van der Waals surface area contributed by atoms with Gasteiger partial charge in [-0.25, -0.2) is 0 Å². The van der Waals surface area contributed by atoms with Gasteiger partial charge in [-0.1, -0.05) is 60.1 Å². The van der Waals surface area contributed by atoms with Gasteiger partial charge in [0.05, 0.1) is 17.1 Å². The van der Waals surface area contributed by atoms with E-state index in [1.165, 1.54) is 0 Å². The molecule has 0 amide bonds. The van der Waals surface area contributed by atoms with E-state index in [0.717, 1.165) is 0 Å². The number of carbonyl (C=O) groups excluding carboxylic acids is 1. The number of hydrogen-bond acceptors (Lipinski definition) is 2. The van der Waals surface area contributed by atoms with Crippen molar-refractivity contribution in [3.8, 4) is 0 Å². The maximum Gasteiger partial charge on any atom is 0.168 e. The van der Waals surface area contributed by atoms with Crippen LogP contribution in [-0.2, 0) is 0 Å². The van der Waals surface area contributed by atoms with Crippen LogP contribution in [0.2, 0.25) is 10.0 Å². The van der Waals surface area contributed by atoms with Crippen molar-refractivity contribution in [1.82, 2.24) is 0 Å². The first kappa shape index (κ1) is 14.6. The lowest BCUT2D eigenvalue weighted by Gasteiger charge is -2.11. The Morgan fingerprint density at radius 3 is 2.45 bits per heavy atom. The minimum atomic E-state index is 0.00758. The predicted molar refractivity (Wildman–Crippen MR) is 84.6 cm³/mol. The van der Waals surface area contributed by atoms with E-state index in [2.05, 4.69) is 11.9 Å². The first-order valence-corrected chi connectivity index (χ1v) is 6.80. The Balaban J connectivity index is 2.01. The number of anilines is 1.